The average molecular weight is 154 g/mol. The van der Waals surface area contributed by atoms with Gasteiger partial charge in [0.25, 0.3) is 0 Å². The van der Waals surface area contributed by atoms with Gasteiger partial charge in [0.1, 0.15) is 0 Å². The Morgan fingerprint density at radius 3 is 1.00 bits per heavy atom. The third-order valence-corrected chi connectivity index (χ3v) is 0. The van der Waals surface area contributed by atoms with Gasteiger partial charge >= 0.3 is 17.1 Å². The zero-order valence-corrected chi connectivity index (χ0v) is 4.82. The van der Waals surface area contributed by atoms with Crippen molar-refractivity contribution in [1.82, 2.24) is 0 Å². The predicted molar refractivity (Wildman–Crippen MR) is 35.5 cm³/mol. The fraction of sp³-hybridized carbons (Fsp3) is 0.667. The maximum absolute atomic E-state index is 2.00. The second-order valence-electron chi connectivity index (χ2n) is 0.577. The van der Waals surface area contributed by atoms with E-state index in [1.54, 1.807) is 0 Å². The Balaban J connectivity index is -0.00000000333. The van der Waals surface area contributed by atoms with Crippen LogP contribution in [0, 0.1) is 13.8 Å². The van der Waals surface area contributed by atoms with Crippen molar-refractivity contribution in [3.63, 3.8) is 0 Å². The molecule has 1 radical (unpaired) electrons. The van der Waals surface area contributed by atoms with E-state index in [9.17, 15) is 0 Å². The maximum atomic E-state index is 2.00. The van der Waals surface area contributed by atoms with Crippen molar-refractivity contribution in [3.8, 4) is 0 Å². The Bertz CT molecular complexity index is 4.14. The van der Waals surface area contributed by atoms with Crippen LogP contribution in [0.25, 0.3) is 0 Å². The molecule has 0 heterocycles. The Hall–Kier alpha value is 0.519. The third-order valence-electron chi connectivity index (χ3n) is 0. The van der Waals surface area contributed by atoms with Crippen molar-refractivity contribution in [1.29, 1.82) is 0 Å². The number of rotatable bonds is 0. The van der Waals surface area contributed by atoms with Gasteiger partial charge in [0.2, 0.25) is 0 Å². The topological polar surface area (TPSA) is 0 Å². The largest absolute Gasteiger partial charge is 2.00 e. The Morgan fingerprint density at radius 1 is 1.00 bits per heavy atom. The summed E-state index contributed by atoms with van der Waals surface area (Å²) < 4.78 is 0. The molecule has 0 saturated carbocycles. The van der Waals surface area contributed by atoms with Crippen molar-refractivity contribution >= 4 is 0 Å². The summed E-state index contributed by atoms with van der Waals surface area (Å²) >= 11 is 0. The summed E-state index contributed by atoms with van der Waals surface area (Å²) in [5.74, 6) is 0. The van der Waals surface area contributed by atoms with Crippen molar-refractivity contribution in [2.24, 2.45) is 0 Å². The molecular weight excluding hydrogens is 136 g/mol. The molecule has 0 N–H and O–H groups in total. The van der Waals surface area contributed by atoms with Crippen molar-refractivity contribution in [3.05, 3.63) is 13.8 Å². The Kier molecular flexibility index (Phi) is 619. The first-order valence-electron chi connectivity index (χ1n) is 1.15. The molecule has 0 nitrogen and oxygen atoms in total. The third kappa shape index (κ3) is 493. The smallest absolute Gasteiger partial charge is 0.358 e. The molecule has 0 bridgehead atoms. The van der Waals surface area contributed by atoms with Crippen LogP contribution in [0.15, 0.2) is 0 Å². The van der Waals surface area contributed by atoms with E-state index in [2.05, 4.69) is 0 Å². The van der Waals surface area contributed by atoms with Crippen molar-refractivity contribution in [2.75, 3.05) is 0 Å². The van der Waals surface area contributed by atoms with E-state index in [4.69, 9.17) is 0 Å². The SMILES string of the molecule is C.C.C[CH-]C.[CH3-].[Cu+2]. The normalized spacial score (nSPS) is 2.57. The van der Waals surface area contributed by atoms with Gasteiger partial charge in [-0.3, -0.25) is 0 Å². The molecule has 0 aromatic heterocycles. The van der Waals surface area contributed by atoms with Gasteiger partial charge in [0, 0.05) is 0 Å². The fourth-order valence-corrected chi connectivity index (χ4v) is 0. The van der Waals surface area contributed by atoms with Gasteiger partial charge in [-0.25, -0.2) is 0 Å². The minimum atomic E-state index is 0. The van der Waals surface area contributed by atoms with Gasteiger partial charge in [0.15, 0.2) is 0 Å². The summed E-state index contributed by atoms with van der Waals surface area (Å²) in [5.41, 5.74) is 0. The molecule has 0 saturated heterocycles. The molecule has 0 aromatic rings. The van der Waals surface area contributed by atoms with Crippen LogP contribution in [0.4, 0.5) is 0 Å². The van der Waals surface area contributed by atoms with Crippen LogP contribution in [0.5, 0.6) is 0 Å². The predicted octanol–water partition coefficient (Wildman–Crippen LogP) is 2.95. The summed E-state index contributed by atoms with van der Waals surface area (Å²) in [6, 6.07) is 0. The minimum absolute atomic E-state index is 0. The van der Waals surface area contributed by atoms with Gasteiger partial charge < -0.3 is 13.8 Å². The molecule has 0 unspecified atom stereocenters. The molecule has 1 heteroatoms. The van der Waals surface area contributed by atoms with E-state index in [0.29, 0.717) is 0 Å². The second kappa shape index (κ2) is 86.0. The van der Waals surface area contributed by atoms with Crippen LogP contribution in [-0.4, -0.2) is 0 Å². The molecule has 0 fully saturated rings. The summed E-state index contributed by atoms with van der Waals surface area (Å²) in [4.78, 5) is 0. The summed E-state index contributed by atoms with van der Waals surface area (Å²) in [5, 5.41) is 0. The average Bonchev–Trinajstić information content (AvgIpc) is 0.918. The van der Waals surface area contributed by atoms with Gasteiger partial charge in [-0.15, -0.1) is 0 Å². The molecule has 53 valence electrons. The van der Waals surface area contributed by atoms with Crippen LogP contribution in [0.3, 0.4) is 0 Å². The molecule has 7 heavy (non-hydrogen) atoms. The van der Waals surface area contributed by atoms with Crippen LogP contribution in [0.1, 0.15) is 28.7 Å². The van der Waals surface area contributed by atoms with E-state index in [0.717, 1.165) is 0 Å². The zero-order chi connectivity index (χ0) is 2.71. The van der Waals surface area contributed by atoms with E-state index in [1.165, 1.54) is 0 Å². The van der Waals surface area contributed by atoms with E-state index in [-0.39, 0.29) is 39.3 Å². The molecule has 0 spiro atoms. The second-order valence-corrected chi connectivity index (χ2v) is 0.577. The first-order chi connectivity index (χ1) is 1.41. The Morgan fingerprint density at radius 2 is 1.00 bits per heavy atom. The van der Waals surface area contributed by atoms with Crippen LogP contribution in [0.2, 0.25) is 0 Å². The zero-order valence-electron chi connectivity index (χ0n) is 3.88. The van der Waals surface area contributed by atoms with Crippen molar-refractivity contribution < 1.29 is 17.1 Å². The molecule has 0 rings (SSSR count). The first-order valence-corrected chi connectivity index (χ1v) is 1.15. The standard InChI is InChI=1S/C3H7.2CH4.CH3.Cu/c1-3-2;;;;/h3H,1-2H3;2*1H4;1H3;/q-1;;;-1;+2. The molecule has 0 aromatic carbocycles. The van der Waals surface area contributed by atoms with E-state index < -0.39 is 0 Å². The molecule has 0 atom stereocenters. The van der Waals surface area contributed by atoms with E-state index in [1.807, 2.05) is 20.3 Å². The monoisotopic (exact) mass is 153 g/mol. The van der Waals surface area contributed by atoms with Crippen molar-refractivity contribution in [2.45, 2.75) is 28.7 Å². The summed E-state index contributed by atoms with van der Waals surface area (Å²) in [7, 11) is 0. The first kappa shape index (κ1) is 50.3. The maximum Gasteiger partial charge on any atom is 2.00 e. The molecule has 0 aliphatic carbocycles. The van der Waals surface area contributed by atoms with E-state index >= 15 is 0 Å². The summed E-state index contributed by atoms with van der Waals surface area (Å²) in [6.07, 6.45) is 2.00. The van der Waals surface area contributed by atoms with Gasteiger partial charge in [0.05, 0.1) is 0 Å². The quantitative estimate of drug-likeness (QED) is 0.371. The van der Waals surface area contributed by atoms with Crippen LogP contribution >= 0.6 is 0 Å². The van der Waals surface area contributed by atoms with Gasteiger partial charge in [-0.1, -0.05) is 14.9 Å². The molecular formula is C6H18Cu. The number of hydrogen-bond acceptors (Lipinski definition) is 0. The molecule has 0 amide bonds. The number of hydrogen-bond donors (Lipinski definition) is 0. The van der Waals surface area contributed by atoms with Crippen LogP contribution < -0.4 is 0 Å². The fourth-order valence-electron chi connectivity index (χ4n) is 0. The van der Waals surface area contributed by atoms with Gasteiger partial charge in [-0.05, 0) is 0 Å². The van der Waals surface area contributed by atoms with Crippen LogP contribution in [-0.2, 0) is 17.1 Å². The van der Waals surface area contributed by atoms with Gasteiger partial charge in [-0.2, -0.15) is 13.8 Å². The summed E-state index contributed by atoms with van der Waals surface area (Å²) in [6.45, 7) is 4.00. The Labute approximate surface area is 60.2 Å². The molecule has 0 aliphatic rings. The molecule has 0 aliphatic heterocycles. The minimum Gasteiger partial charge on any atom is -0.358 e.